The largest absolute Gasteiger partial charge is 0.478 e. The molecule has 6 nitrogen and oxygen atoms in total. The molecular formula is C15H20N2O4. The number of hydrogen-bond acceptors (Lipinski definition) is 4. The number of carboxylic acids is 1. The van der Waals surface area contributed by atoms with Gasteiger partial charge in [0, 0.05) is 5.41 Å². The highest BCUT2D eigenvalue weighted by Crippen LogP contribution is 2.30. The SMILES string of the molecule is CC(C)(C)c1nc2ccc(C(=O)O)cc2n1C(CO)CO. The zero-order chi connectivity index (χ0) is 15.8. The summed E-state index contributed by atoms with van der Waals surface area (Å²) in [6.07, 6.45) is 0. The molecule has 6 heteroatoms. The van der Waals surface area contributed by atoms with E-state index in [1.165, 1.54) is 12.1 Å². The number of imidazole rings is 1. The fraction of sp³-hybridized carbons (Fsp3) is 0.467. The summed E-state index contributed by atoms with van der Waals surface area (Å²) >= 11 is 0. The van der Waals surface area contributed by atoms with Gasteiger partial charge in [-0.2, -0.15) is 0 Å². The first-order chi connectivity index (χ1) is 9.79. The molecule has 21 heavy (non-hydrogen) atoms. The standard InChI is InChI=1S/C15H20N2O4/c1-15(2,3)14-16-11-5-4-9(13(20)21)6-12(11)17(14)10(7-18)8-19/h4-6,10,18-19H,7-8H2,1-3H3,(H,20,21). The van der Waals surface area contributed by atoms with Crippen LogP contribution in [0.2, 0.25) is 0 Å². The second-order valence-corrected chi connectivity index (χ2v) is 6.08. The Hall–Kier alpha value is -1.92. The number of aliphatic hydroxyl groups is 2. The lowest BCUT2D eigenvalue weighted by atomic mass is 9.95. The van der Waals surface area contributed by atoms with E-state index in [9.17, 15) is 15.0 Å². The monoisotopic (exact) mass is 292 g/mol. The fourth-order valence-electron chi connectivity index (χ4n) is 2.35. The Labute approximate surface area is 122 Å². The quantitative estimate of drug-likeness (QED) is 0.794. The van der Waals surface area contributed by atoms with Crippen molar-refractivity contribution < 1.29 is 20.1 Å². The summed E-state index contributed by atoms with van der Waals surface area (Å²) < 4.78 is 1.74. The molecule has 0 saturated carbocycles. The number of carbonyl (C=O) groups is 1. The molecule has 0 amide bonds. The van der Waals surface area contributed by atoms with Crippen molar-refractivity contribution in [2.24, 2.45) is 0 Å². The predicted molar refractivity (Wildman–Crippen MR) is 78.6 cm³/mol. The van der Waals surface area contributed by atoms with E-state index < -0.39 is 12.0 Å². The van der Waals surface area contributed by atoms with Gasteiger partial charge in [-0.15, -0.1) is 0 Å². The van der Waals surface area contributed by atoms with Gasteiger partial charge in [-0.25, -0.2) is 9.78 Å². The van der Waals surface area contributed by atoms with Crippen molar-refractivity contribution in [1.82, 2.24) is 9.55 Å². The molecule has 1 aromatic heterocycles. The molecule has 0 atom stereocenters. The zero-order valence-corrected chi connectivity index (χ0v) is 12.4. The summed E-state index contributed by atoms with van der Waals surface area (Å²) in [5.41, 5.74) is 1.11. The highest BCUT2D eigenvalue weighted by molar-refractivity contribution is 5.92. The average molecular weight is 292 g/mol. The minimum absolute atomic E-state index is 0.152. The van der Waals surface area contributed by atoms with Crippen molar-refractivity contribution in [2.75, 3.05) is 13.2 Å². The van der Waals surface area contributed by atoms with E-state index in [-0.39, 0.29) is 24.2 Å². The number of carboxylic acid groups (broad SMARTS) is 1. The maximum absolute atomic E-state index is 11.1. The van der Waals surface area contributed by atoms with E-state index in [0.29, 0.717) is 16.9 Å². The van der Waals surface area contributed by atoms with Crippen molar-refractivity contribution in [1.29, 1.82) is 0 Å². The van der Waals surface area contributed by atoms with Crippen LogP contribution >= 0.6 is 0 Å². The van der Waals surface area contributed by atoms with Gasteiger partial charge in [0.15, 0.2) is 0 Å². The molecule has 0 bridgehead atoms. The maximum atomic E-state index is 11.1. The van der Waals surface area contributed by atoms with Gasteiger partial charge in [-0.05, 0) is 18.2 Å². The molecule has 0 aliphatic carbocycles. The number of nitrogens with zero attached hydrogens (tertiary/aromatic N) is 2. The van der Waals surface area contributed by atoms with E-state index in [1.807, 2.05) is 20.8 Å². The lowest BCUT2D eigenvalue weighted by molar-refractivity contribution is 0.0697. The lowest BCUT2D eigenvalue weighted by Gasteiger charge is -2.24. The number of aromatic carboxylic acids is 1. The number of aromatic nitrogens is 2. The first-order valence-corrected chi connectivity index (χ1v) is 6.77. The van der Waals surface area contributed by atoms with E-state index in [4.69, 9.17) is 5.11 Å². The maximum Gasteiger partial charge on any atom is 0.335 e. The molecule has 2 aromatic rings. The average Bonchev–Trinajstić information content (AvgIpc) is 2.79. The van der Waals surface area contributed by atoms with Crippen molar-refractivity contribution in [2.45, 2.75) is 32.2 Å². The minimum Gasteiger partial charge on any atom is -0.478 e. The highest BCUT2D eigenvalue weighted by Gasteiger charge is 2.27. The molecule has 1 aromatic carbocycles. The Kier molecular flexibility index (Phi) is 4.02. The summed E-state index contributed by atoms with van der Waals surface area (Å²) in [6, 6.07) is 4.13. The second kappa shape index (κ2) is 5.46. The van der Waals surface area contributed by atoms with Crippen molar-refractivity contribution >= 4 is 17.0 Å². The van der Waals surface area contributed by atoms with Gasteiger partial charge >= 0.3 is 5.97 Å². The number of aliphatic hydroxyl groups excluding tert-OH is 2. The predicted octanol–water partition coefficient (Wildman–Crippen LogP) is 1.56. The van der Waals surface area contributed by atoms with E-state index >= 15 is 0 Å². The van der Waals surface area contributed by atoms with Crippen LogP contribution in [0.15, 0.2) is 18.2 Å². The van der Waals surface area contributed by atoms with Crippen LogP contribution in [0, 0.1) is 0 Å². The smallest absolute Gasteiger partial charge is 0.335 e. The zero-order valence-electron chi connectivity index (χ0n) is 12.4. The molecule has 0 fully saturated rings. The minimum atomic E-state index is -1.02. The van der Waals surface area contributed by atoms with Gasteiger partial charge in [-0.3, -0.25) is 0 Å². The summed E-state index contributed by atoms with van der Waals surface area (Å²) in [5, 5.41) is 28.1. The number of rotatable bonds is 4. The Balaban J connectivity index is 2.79. The van der Waals surface area contributed by atoms with Crippen LogP contribution < -0.4 is 0 Å². The molecule has 114 valence electrons. The van der Waals surface area contributed by atoms with Gasteiger partial charge in [0.05, 0.1) is 35.9 Å². The van der Waals surface area contributed by atoms with Gasteiger partial charge < -0.3 is 19.9 Å². The normalized spacial score (nSPS) is 12.3. The van der Waals surface area contributed by atoms with Gasteiger partial charge in [0.1, 0.15) is 5.82 Å². The van der Waals surface area contributed by atoms with E-state index in [1.54, 1.807) is 10.6 Å². The van der Waals surface area contributed by atoms with Crippen LogP contribution in [0.4, 0.5) is 0 Å². The first kappa shape index (κ1) is 15.5. The highest BCUT2D eigenvalue weighted by atomic mass is 16.4. The molecular weight excluding hydrogens is 272 g/mol. The lowest BCUT2D eigenvalue weighted by Crippen LogP contribution is -2.25. The van der Waals surface area contributed by atoms with E-state index in [0.717, 1.165) is 0 Å². The van der Waals surface area contributed by atoms with Crippen LogP contribution in [-0.4, -0.2) is 44.1 Å². The summed E-state index contributed by atoms with van der Waals surface area (Å²) in [7, 11) is 0. The number of hydrogen-bond donors (Lipinski definition) is 3. The Morgan fingerprint density at radius 2 is 1.90 bits per heavy atom. The number of benzene rings is 1. The summed E-state index contributed by atoms with van der Waals surface area (Å²) in [6.45, 7) is 5.45. The molecule has 0 aliphatic rings. The first-order valence-electron chi connectivity index (χ1n) is 6.77. The van der Waals surface area contributed by atoms with Gasteiger partial charge in [0.2, 0.25) is 0 Å². The molecule has 0 aliphatic heterocycles. The van der Waals surface area contributed by atoms with Crippen LogP contribution in [0.1, 0.15) is 43.0 Å². The van der Waals surface area contributed by atoms with Gasteiger partial charge in [0.25, 0.3) is 0 Å². The summed E-state index contributed by atoms with van der Waals surface area (Å²) in [4.78, 5) is 15.7. The number of fused-ring (bicyclic) bond motifs is 1. The van der Waals surface area contributed by atoms with E-state index in [2.05, 4.69) is 4.98 Å². The van der Waals surface area contributed by atoms with Crippen LogP contribution in [-0.2, 0) is 5.41 Å². The van der Waals surface area contributed by atoms with Crippen LogP contribution in [0.3, 0.4) is 0 Å². The Bertz CT molecular complexity index is 666. The molecule has 0 saturated heterocycles. The third-order valence-corrected chi connectivity index (χ3v) is 3.39. The van der Waals surface area contributed by atoms with Crippen molar-refractivity contribution in [3.63, 3.8) is 0 Å². The molecule has 1 heterocycles. The molecule has 0 radical (unpaired) electrons. The molecule has 2 rings (SSSR count). The van der Waals surface area contributed by atoms with Crippen molar-refractivity contribution in [3.8, 4) is 0 Å². The van der Waals surface area contributed by atoms with Crippen LogP contribution in [0.25, 0.3) is 11.0 Å². The Morgan fingerprint density at radius 3 is 2.38 bits per heavy atom. The van der Waals surface area contributed by atoms with Crippen molar-refractivity contribution in [3.05, 3.63) is 29.6 Å². The van der Waals surface area contributed by atoms with Crippen LogP contribution in [0.5, 0.6) is 0 Å². The fourth-order valence-corrected chi connectivity index (χ4v) is 2.35. The summed E-state index contributed by atoms with van der Waals surface area (Å²) in [5.74, 6) is -0.320. The molecule has 0 spiro atoms. The topological polar surface area (TPSA) is 95.6 Å². The van der Waals surface area contributed by atoms with Gasteiger partial charge in [-0.1, -0.05) is 20.8 Å². The Morgan fingerprint density at radius 1 is 1.29 bits per heavy atom. The molecule has 0 unspecified atom stereocenters. The molecule has 3 N–H and O–H groups in total. The second-order valence-electron chi connectivity index (χ2n) is 6.08. The third-order valence-electron chi connectivity index (χ3n) is 3.39. The third kappa shape index (κ3) is 2.77.